The predicted molar refractivity (Wildman–Crippen MR) is 56.7 cm³/mol. The van der Waals surface area contributed by atoms with Crippen LogP contribution in [0.15, 0.2) is 18.2 Å². The highest BCUT2D eigenvalue weighted by Gasteiger charge is 2.28. The van der Waals surface area contributed by atoms with Crippen molar-refractivity contribution in [3.63, 3.8) is 0 Å². The van der Waals surface area contributed by atoms with Crippen LogP contribution >= 0.6 is 11.8 Å². The molecule has 1 aliphatic heterocycles. The van der Waals surface area contributed by atoms with E-state index in [0.717, 1.165) is 17.9 Å². The summed E-state index contributed by atoms with van der Waals surface area (Å²) in [6.07, 6.45) is -0.194. The van der Waals surface area contributed by atoms with Crippen molar-refractivity contribution in [2.75, 3.05) is 11.5 Å². The summed E-state index contributed by atoms with van der Waals surface area (Å²) in [6.45, 7) is 0. The Kier molecular flexibility index (Phi) is 3.26. The molecule has 15 heavy (non-hydrogen) atoms. The molecule has 2 rings (SSSR count). The number of halogens is 2. The number of rotatable bonds is 2. The van der Waals surface area contributed by atoms with E-state index in [0.29, 0.717) is 0 Å². The van der Waals surface area contributed by atoms with E-state index in [1.54, 1.807) is 11.8 Å². The summed E-state index contributed by atoms with van der Waals surface area (Å²) in [4.78, 5) is 0. The van der Waals surface area contributed by atoms with Crippen molar-refractivity contribution in [3.05, 3.63) is 35.4 Å². The molecular formula is C11H12F2OS. The van der Waals surface area contributed by atoms with E-state index in [1.807, 2.05) is 0 Å². The minimum Gasteiger partial charge on any atom is -0.388 e. The molecule has 0 bridgehead atoms. The molecule has 0 spiro atoms. The molecule has 4 heteroatoms. The summed E-state index contributed by atoms with van der Waals surface area (Å²) >= 11 is 1.71. The van der Waals surface area contributed by atoms with E-state index in [4.69, 9.17) is 0 Å². The first kappa shape index (κ1) is 10.9. The van der Waals surface area contributed by atoms with Crippen molar-refractivity contribution in [1.29, 1.82) is 0 Å². The molecule has 1 aliphatic rings. The van der Waals surface area contributed by atoms with Crippen LogP contribution in [0, 0.1) is 17.6 Å². The van der Waals surface area contributed by atoms with Crippen molar-refractivity contribution in [2.45, 2.75) is 12.5 Å². The van der Waals surface area contributed by atoms with Crippen LogP contribution in [0.25, 0.3) is 0 Å². The molecule has 0 radical (unpaired) electrons. The smallest absolute Gasteiger partial charge is 0.131 e. The van der Waals surface area contributed by atoms with Gasteiger partial charge < -0.3 is 5.11 Å². The van der Waals surface area contributed by atoms with Crippen molar-refractivity contribution in [1.82, 2.24) is 0 Å². The molecule has 1 heterocycles. The zero-order valence-electron chi connectivity index (χ0n) is 8.12. The Balaban J connectivity index is 2.27. The number of hydrogen-bond acceptors (Lipinski definition) is 2. The van der Waals surface area contributed by atoms with Crippen LogP contribution < -0.4 is 0 Å². The highest BCUT2D eigenvalue weighted by molar-refractivity contribution is 7.99. The zero-order chi connectivity index (χ0) is 10.8. The zero-order valence-corrected chi connectivity index (χ0v) is 8.94. The average Bonchev–Trinajstić information content (AvgIpc) is 2.69. The Labute approximate surface area is 91.5 Å². The van der Waals surface area contributed by atoms with Gasteiger partial charge in [-0.15, -0.1) is 0 Å². The number of benzene rings is 1. The molecule has 82 valence electrons. The molecule has 0 amide bonds. The second-order valence-electron chi connectivity index (χ2n) is 3.70. The number of aliphatic hydroxyl groups is 1. The van der Waals surface area contributed by atoms with E-state index in [2.05, 4.69) is 0 Å². The van der Waals surface area contributed by atoms with Crippen molar-refractivity contribution < 1.29 is 13.9 Å². The van der Waals surface area contributed by atoms with Crippen LogP contribution in [0.3, 0.4) is 0 Å². The third-order valence-electron chi connectivity index (χ3n) is 2.71. The number of thioether (sulfide) groups is 1. The SMILES string of the molecule is OC(c1c(F)cccc1F)C1CCSC1. The summed E-state index contributed by atoms with van der Waals surface area (Å²) in [5.74, 6) is 0.396. The second kappa shape index (κ2) is 4.49. The minimum atomic E-state index is -1.01. The van der Waals surface area contributed by atoms with Crippen molar-refractivity contribution in [2.24, 2.45) is 5.92 Å². The first-order valence-corrected chi connectivity index (χ1v) is 6.05. The highest BCUT2D eigenvalue weighted by atomic mass is 32.2. The van der Waals surface area contributed by atoms with Gasteiger partial charge in [-0.25, -0.2) is 8.78 Å². The highest BCUT2D eigenvalue weighted by Crippen LogP contribution is 2.35. The Morgan fingerprint density at radius 3 is 2.53 bits per heavy atom. The van der Waals surface area contributed by atoms with Crippen LogP contribution in [0.4, 0.5) is 8.78 Å². The summed E-state index contributed by atoms with van der Waals surface area (Å²) in [6, 6.07) is 3.68. The van der Waals surface area contributed by atoms with Gasteiger partial charge in [0.2, 0.25) is 0 Å². The lowest BCUT2D eigenvalue weighted by Crippen LogP contribution is -2.15. The maximum atomic E-state index is 13.3. The molecule has 0 aliphatic carbocycles. The third kappa shape index (κ3) is 2.16. The van der Waals surface area contributed by atoms with Gasteiger partial charge in [-0.1, -0.05) is 6.07 Å². The molecule has 1 nitrogen and oxygen atoms in total. The molecule has 2 unspecified atom stereocenters. The molecular weight excluding hydrogens is 218 g/mol. The maximum Gasteiger partial charge on any atom is 0.131 e. The van der Waals surface area contributed by atoms with Gasteiger partial charge in [0.25, 0.3) is 0 Å². The summed E-state index contributed by atoms with van der Waals surface area (Å²) in [5, 5.41) is 9.89. The molecule has 1 fully saturated rings. The minimum absolute atomic E-state index is 0.0265. The van der Waals surface area contributed by atoms with Gasteiger partial charge in [-0.05, 0) is 36.0 Å². The van der Waals surface area contributed by atoms with Gasteiger partial charge in [0.15, 0.2) is 0 Å². The van der Waals surface area contributed by atoms with Gasteiger partial charge in [-0.3, -0.25) is 0 Å². The Hall–Kier alpha value is -0.610. The van der Waals surface area contributed by atoms with Crippen LogP contribution in [-0.4, -0.2) is 16.6 Å². The third-order valence-corrected chi connectivity index (χ3v) is 3.90. The first-order chi connectivity index (χ1) is 7.20. The molecule has 1 saturated heterocycles. The van der Waals surface area contributed by atoms with Gasteiger partial charge >= 0.3 is 0 Å². The summed E-state index contributed by atoms with van der Waals surface area (Å²) in [5.41, 5.74) is -0.176. The Morgan fingerprint density at radius 2 is 2.00 bits per heavy atom. The van der Waals surface area contributed by atoms with Crippen molar-refractivity contribution in [3.8, 4) is 0 Å². The van der Waals surface area contributed by atoms with Crippen molar-refractivity contribution >= 4 is 11.8 Å². The van der Waals surface area contributed by atoms with E-state index < -0.39 is 17.7 Å². The average molecular weight is 230 g/mol. The van der Waals surface area contributed by atoms with Crippen LogP contribution in [0.1, 0.15) is 18.1 Å². The Morgan fingerprint density at radius 1 is 1.33 bits per heavy atom. The van der Waals surface area contributed by atoms with Gasteiger partial charge in [0.05, 0.1) is 11.7 Å². The van der Waals surface area contributed by atoms with E-state index in [-0.39, 0.29) is 11.5 Å². The topological polar surface area (TPSA) is 20.2 Å². The monoisotopic (exact) mass is 230 g/mol. The molecule has 0 aromatic heterocycles. The molecule has 2 atom stereocenters. The molecule has 1 aromatic carbocycles. The van der Waals surface area contributed by atoms with Crippen LogP contribution in [-0.2, 0) is 0 Å². The number of hydrogen-bond donors (Lipinski definition) is 1. The fraction of sp³-hybridized carbons (Fsp3) is 0.455. The van der Waals surface area contributed by atoms with E-state index >= 15 is 0 Å². The standard InChI is InChI=1S/C11H12F2OS/c12-8-2-1-3-9(13)10(8)11(14)7-4-5-15-6-7/h1-3,7,11,14H,4-6H2. The molecule has 1 N–H and O–H groups in total. The Bertz CT molecular complexity index is 330. The maximum absolute atomic E-state index is 13.3. The largest absolute Gasteiger partial charge is 0.388 e. The van der Waals surface area contributed by atoms with Gasteiger partial charge in [0, 0.05) is 0 Å². The fourth-order valence-electron chi connectivity index (χ4n) is 1.83. The lowest BCUT2D eigenvalue weighted by molar-refractivity contribution is 0.113. The van der Waals surface area contributed by atoms with E-state index in [1.165, 1.54) is 18.2 Å². The van der Waals surface area contributed by atoms with Gasteiger partial charge in [-0.2, -0.15) is 11.8 Å². The van der Waals surface area contributed by atoms with Crippen LogP contribution in [0.5, 0.6) is 0 Å². The first-order valence-electron chi connectivity index (χ1n) is 4.90. The lowest BCUT2D eigenvalue weighted by atomic mass is 9.94. The van der Waals surface area contributed by atoms with E-state index in [9.17, 15) is 13.9 Å². The fourth-order valence-corrected chi connectivity index (χ4v) is 3.12. The van der Waals surface area contributed by atoms with Gasteiger partial charge in [0.1, 0.15) is 11.6 Å². The quantitative estimate of drug-likeness (QED) is 0.843. The molecule has 1 aromatic rings. The molecule has 0 saturated carbocycles. The van der Waals surface area contributed by atoms with Crippen LogP contribution in [0.2, 0.25) is 0 Å². The number of aliphatic hydroxyl groups excluding tert-OH is 1. The second-order valence-corrected chi connectivity index (χ2v) is 4.85. The normalized spacial score (nSPS) is 23.0. The summed E-state index contributed by atoms with van der Waals surface area (Å²) < 4.78 is 26.7. The predicted octanol–water partition coefficient (Wildman–Crippen LogP) is 2.75. The lowest BCUT2D eigenvalue weighted by Gasteiger charge is -2.18. The summed E-state index contributed by atoms with van der Waals surface area (Å²) in [7, 11) is 0.